The van der Waals surface area contributed by atoms with Gasteiger partial charge in [-0.25, -0.2) is 5.84 Å². The number of hydrogen-bond acceptors (Lipinski definition) is 3. The summed E-state index contributed by atoms with van der Waals surface area (Å²) in [5.74, 6) is 5.46. The van der Waals surface area contributed by atoms with Crippen molar-refractivity contribution in [3.05, 3.63) is 23.3 Å². The normalized spacial score (nSPS) is 18.8. The van der Waals surface area contributed by atoms with Crippen LogP contribution in [0.3, 0.4) is 0 Å². The fourth-order valence-corrected chi connectivity index (χ4v) is 0.943. The molecule has 8 heavy (non-hydrogen) atoms. The van der Waals surface area contributed by atoms with E-state index in [1.165, 1.54) is 11.9 Å². The Morgan fingerprint density at radius 2 is 2.50 bits per heavy atom. The highest BCUT2D eigenvalue weighted by Gasteiger charge is 1.98. The topological polar surface area (TPSA) is 29.3 Å². The Hall–Kier alpha value is -0.410. The smallest absolute Gasteiger partial charge is 0.0392 e. The maximum Gasteiger partial charge on any atom is 0.0392 e. The monoisotopic (exact) mass is 128 g/mol. The summed E-state index contributed by atoms with van der Waals surface area (Å²) in [5.41, 5.74) is 1.08. The van der Waals surface area contributed by atoms with Gasteiger partial charge in [0.2, 0.25) is 0 Å². The molecule has 0 amide bonds. The Bertz CT molecular complexity index is 139. The summed E-state index contributed by atoms with van der Waals surface area (Å²) in [6, 6.07) is 0. The van der Waals surface area contributed by atoms with Gasteiger partial charge in [-0.3, -0.25) is 4.41 Å². The lowest BCUT2D eigenvalue weighted by molar-refractivity contribution is 0.616. The van der Waals surface area contributed by atoms with Crippen molar-refractivity contribution in [3.8, 4) is 0 Å². The minimum atomic E-state index is 1.08. The fraction of sp³-hybridized carbons (Fsp3) is 0.200. The summed E-state index contributed by atoms with van der Waals surface area (Å²) >= 11 is 1.49. The van der Waals surface area contributed by atoms with Crippen LogP contribution in [-0.2, 0) is 0 Å². The van der Waals surface area contributed by atoms with E-state index in [2.05, 4.69) is 0 Å². The Labute approximate surface area is 53.1 Å². The van der Waals surface area contributed by atoms with Crippen LogP contribution in [-0.4, -0.2) is 4.41 Å². The minimum Gasteiger partial charge on any atom is -0.253 e. The molecule has 0 saturated carbocycles. The van der Waals surface area contributed by atoms with Crippen LogP contribution in [0, 0.1) is 0 Å². The molecule has 0 aromatic carbocycles. The van der Waals surface area contributed by atoms with Gasteiger partial charge in [-0.05, 0) is 30.4 Å². The van der Waals surface area contributed by atoms with Gasteiger partial charge < -0.3 is 0 Å². The second-order valence-electron chi connectivity index (χ2n) is 1.57. The molecule has 0 spiro atoms. The molecule has 2 nitrogen and oxygen atoms in total. The predicted octanol–water partition coefficient (Wildman–Crippen LogP) is 1.24. The van der Waals surface area contributed by atoms with Crippen LogP contribution in [0.5, 0.6) is 0 Å². The zero-order valence-corrected chi connectivity index (χ0v) is 5.48. The lowest BCUT2D eigenvalue weighted by atomic mass is 10.4. The quantitative estimate of drug-likeness (QED) is 0.393. The molecule has 1 rings (SSSR count). The molecule has 2 N–H and O–H groups in total. The van der Waals surface area contributed by atoms with E-state index in [1.807, 2.05) is 24.5 Å². The SMILES string of the molecule is CC1=CC=CSN1N. The van der Waals surface area contributed by atoms with E-state index < -0.39 is 0 Å². The standard InChI is InChI=1S/C5H8N2S/c1-5-3-2-4-8-7(5)6/h2-4H,6H2,1H3. The number of nitrogens with two attached hydrogens (primary N) is 1. The summed E-state index contributed by atoms with van der Waals surface area (Å²) in [6.45, 7) is 1.97. The van der Waals surface area contributed by atoms with E-state index in [0.29, 0.717) is 0 Å². The Morgan fingerprint density at radius 3 is 2.88 bits per heavy atom. The van der Waals surface area contributed by atoms with Crippen molar-refractivity contribution < 1.29 is 0 Å². The Kier molecular flexibility index (Phi) is 1.60. The third-order valence-electron chi connectivity index (χ3n) is 0.938. The van der Waals surface area contributed by atoms with Crippen molar-refractivity contribution in [3.63, 3.8) is 0 Å². The first-order valence-corrected chi connectivity index (χ1v) is 3.19. The minimum absolute atomic E-state index is 1.08. The lowest BCUT2D eigenvalue weighted by Gasteiger charge is -2.16. The van der Waals surface area contributed by atoms with Crippen LogP contribution < -0.4 is 5.84 Å². The fourth-order valence-electron chi connectivity index (χ4n) is 0.436. The molecular weight excluding hydrogens is 120 g/mol. The highest BCUT2D eigenvalue weighted by Crippen LogP contribution is 2.16. The van der Waals surface area contributed by atoms with Crippen molar-refractivity contribution in [2.24, 2.45) is 5.84 Å². The molecule has 0 bridgehead atoms. The molecule has 0 aliphatic carbocycles. The highest BCUT2D eigenvalue weighted by molar-refractivity contribution is 8.00. The third kappa shape index (κ3) is 1.05. The summed E-state index contributed by atoms with van der Waals surface area (Å²) in [7, 11) is 0. The van der Waals surface area contributed by atoms with Crippen LogP contribution in [0.1, 0.15) is 6.92 Å². The maximum atomic E-state index is 5.46. The average Bonchev–Trinajstić information content (AvgIpc) is 1.77. The van der Waals surface area contributed by atoms with Gasteiger partial charge in [0, 0.05) is 5.70 Å². The molecule has 3 heteroatoms. The van der Waals surface area contributed by atoms with E-state index >= 15 is 0 Å². The van der Waals surface area contributed by atoms with Gasteiger partial charge in [0.05, 0.1) is 0 Å². The second kappa shape index (κ2) is 2.24. The first-order chi connectivity index (χ1) is 3.80. The Balaban J connectivity index is 2.66. The first-order valence-electron chi connectivity index (χ1n) is 2.36. The van der Waals surface area contributed by atoms with E-state index in [1.54, 1.807) is 4.41 Å². The zero-order chi connectivity index (χ0) is 5.98. The van der Waals surface area contributed by atoms with Crippen LogP contribution in [0.15, 0.2) is 23.3 Å². The van der Waals surface area contributed by atoms with E-state index in [9.17, 15) is 0 Å². The molecule has 0 aromatic heterocycles. The molecule has 0 fully saturated rings. The van der Waals surface area contributed by atoms with Crippen LogP contribution in [0.4, 0.5) is 0 Å². The molecule has 44 valence electrons. The molecule has 1 aliphatic rings. The van der Waals surface area contributed by atoms with Gasteiger partial charge in [-0.2, -0.15) is 0 Å². The summed E-state index contributed by atoms with van der Waals surface area (Å²) in [6.07, 6.45) is 3.94. The number of hydrazine groups is 1. The van der Waals surface area contributed by atoms with Crippen LogP contribution in [0.25, 0.3) is 0 Å². The largest absolute Gasteiger partial charge is 0.253 e. The van der Waals surface area contributed by atoms with Gasteiger partial charge in [0.1, 0.15) is 0 Å². The van der Waals surface area contributed by atoms with Gasteiger partial charge in [0.25, 0.3) is 0 Å². The number of hydrogen-bond donors (Lipinski definition) is 1. The van der Waals surface area contributed by atoms with Crippen molar-refractivity contribution in [2.45, 2.75) is 6.92 Å². The van der Waals surface area contributed by atoms with E-state index in [-0.39, 0.29) is 0 Å². The molecule has 0 saturated heterocycles. The van der Waals surface area contributed by atoms with E-state index in [0.717, 1.165) is 5.70 Å². The zero-order valence-electron chi connectivity index (χ0n) is 4.66. The summed E-state index contributed by atoms with van der Waals surface area (Å²) in [5, 5.41) is 1.94. The van der Waals surface area contributed by atoms with Gasteiger partial charge in [0.15, 0.2) is 0 Å². The summed E-state index contributed by atoms with van der Waals surface area (Å²) < 4.78 is 1.62. The third-order valence-corrected chi connectivity index (χ3v) is 1.73. The molecule has 1 aliphatic heterocycles. The van der Waals surface area contributed by atoms with Crippen molar-refractivity contribution in [1.82, 2.24) is 4.41 Å². The lowest BCUT2D eigenvalue weighted by Crippen LogP contribution is -2.21. The van der Waals surface area contributed by atoms with Crippen molar-refractivity contribution in [1.29, 1.82) is 0 Å². The van der Waals surface area contributed by atoms with Crippen LogP contribution in [0.2, 0.25) is 0 Å². The molecule has 0 atom stereocenters. The second-order valence-corrected chi connectivity index (χ2v) is 2.44. The molecule has 0 radical (unpaired) electrons. The summed E-state index contributed by atoms with van der Waals surface area (Å²) in [4.78, 5) is 0. The van der Waals surface area contributed by atoms with Crippen molar-refractivity contribution >= 4 is 11.9 Å². The number of rotatable bonds is 0. The molecular formula is C5H8N2S. The van der Waals surface area contributed by atoms with Gasteiger partial charge >= 0.3 is 0 Å². The Morgan fingerprint density at radius 1 is 1.75 bits per heavy atom. The van der Waals surface area contributed by atoms with Crippen LogP contribution >= 0.6 is 11.9 Å². The molecule has 1 heterocycles. The van der Waals surface area contributed by atoms with Crippen molar-refractivity contribution in [2.75, 3.05) is 0 Å². The molecule has 0 aromatic rings. The van der Waals surface area contributed by atoms with E-state index in [4.69, 9.17) is 5.84 Å². The predicted molar refractivity (Wildman–Crippen MR) is 36.5 cm³/mol. The van der Waals surface area contributed by atoms with Gasteiger partial charge in [-0.15, -0.1) is 0 Å². The maximum absolute atomic E-state index is 5.46. The first kappa shape index (κ1) is 5.72. The molecule has 0 unspecified atom stereocenters. The average molecular weight is 128 g/mol. The highest BCUT2D eigenvalue weighted by atomic mass is 32.2. The number of nitrogens with zero attached hydrogens (tertiary/aromatic N) is 1. The van der Waals surface area contributed by atoms with Gasteiger partial charge in [-0.1, -0.05) is 6.08 Å². The number of allylic oxidation sites excluding steroid dienone is 3.